The van der Waals surface area contributed by atoms with Crippen LogP contribution >= 0.6 is 50.9 Å². The van der Waals surface area contributed by atoms with E-state index in [9.17, 15) is 28.1 Å². The number of thioether (sulfide) groups is 1. The summed E-state index contributed by atoms with van der Waals surface area (Å²) in [4.78, 5) is 36.6. The number of amides is 2. The molecule has 1 heterocycles. The van der Waals surface area contributed by atoms with Gasteiger partial charge in [-0.05, 0) is 81.3 Å². The summed E-state index contributed by atoms with van der Waals surface area (Å²) >= 11 is 16.1. The number of methoxy groups -OCH3 is 1. The van der Waals surface area contributed by atoms with Crippen LogP contribution in [0.4, 0.5) is 10.5 Å². The fourth-order valence-corrected chi connectivity index (χ4v) is 6.32. The molecule has 0 atom stereocenters. The summed E-state index contributed by atoms with van der Waals surface area (Å²) in [6, 6.07) is 11.8. The smallest absolute Gasteiger partial charge is 0.339 e. The second kappa shape index (κ2) is 11.6. The van der Waals surface area contributed by atoms with Crippen LogP contribution in [0.2, 0.25) is 10.0 Å². The molecule has 4 rings (SSSR count). The molecule has 0 radical (unpaired) electrons. The van der Waals surface area contributed by atoms with Crippen LogP contribution in [-0.2, 0) is 21.5 Å². The van der Waals surface area contributed by atoms with E-state index < -0.39 is 26.2 Å². The molecule has 0 spiro atoms. The van der Waals surface area contributed by atoms with Crippen LogP contribution in [0, 0.1) is 10.1 Å². The first kappa shape index (κ1) is 28.9. The van der Waals surface area contributed by atoms with Crippen LogP contribution in [0.25, 0.3) is 6.08 Å². The Hall–Kier alpha value is -3.10. The molecular formula is C24H15BrCl2N2O8S2. The minimum atomic E-state index is -4.38. The molecule has 2 amide bonds. The predicted molar refractivity (Wildman–Crippen MR) is 150 cm³/mol. The van der Waals surface area contributed by atoms with E-state index in [1.165, 1.54) is 31.4 Å². The molecule has 1 aliphatic rings. The Balaban J connectivity index is 1.59. The Morgan fingerprint density at radius 1 is 1.10 bits per heavy atom. The molecule has 39 heavy (non-hydrogen) atoms. The van der Waals surface area contributed by atoms with Gasteiger partial charge < -0.3 is 8.92 Å². The van der Waals surface area contributed by atoms with E-state index in [0.717, 1.165) is 40.9 Å². The van der Waals surface area contributed by atoms with Crippen LogP contribution < -0.4 is 8.92 Å². The number of non-ortho nitro benzene ring substituents is 1. The standard InChI is InChI=1S/C24H15BrCl2N2O8S2/c1-36-20-9-13(8-18(25)22(20)37-39(34,35)17-6-4-16(5-7-17)29(32)33)10-21-23(30)28(24(31)38-21)12-14-2-3-15(26)11-19(14)27/h2-11H,12H2,1H3/b21-10-. The van der Waals surface area contributed by atoms with E-state index in [4.69, 9.17) is 32.1 Å². The SMILES string of the molecule is COc1cc(/C=C2\SC(=O)N(Cc3ccc(Cl)cc3Cl)C2=O)cc(Br)c1OS(=O)(=O)c1ccc([N+](=O)[O-])cc1. The Bertz CT molecular complexity index is 1650. The third-order valence-electron chi connectivity index (χ3n) is 5.30. The van der Waals surface area contributed by atoms with Crippen LogP contribution in [-0.4, -0.2) is 36.5 Å². The number of hydrogen-bond acceptors (Lipinski definition) is 9. The Labute approximate surface area is 244 Å². The first-order valence-corrected chi connectivity index (χ1v) is 14.4. The lowest BCUT2D eigenvalue weighted by Gasteiger charge is -2.14. The third-order valence-corrected chi connectivity index (χ3v) is 8.61. The molecule has 10 nitrogen and oxygen atoms in total. The number of ether oxygens (including phenoxy) is 1. The summed E-state index contributed by atoms with van der Waals surface area (Å²) in [6.45, 7) is -0.0433. The van der Waals surface area contributed by atoms with Gasteiger partial charge in [-0.25, -0.2) is 0 Å². The average molecular weight is 674 g/mol. The van der Waals surface area contributed by atoms with E-state index >= 15 is 0 Å². The van der Waals surface area contributed by atoms with Crippen molar-refractivity contribution >= 4 is 83.9 Å². The molecule has 3 aromatic carbocycles. The summed E-state index contributed by atoms with van der Waals surface area (Å²) in [5.74, 6) is -0.709. The number of nitro benzene ring substituents is 1. The molecular weight excluding hydrogens is 659 g/mol. The summed E-state index contributed by atoms with van der Waals surface area (Å²) in [5.41, 5.74) is 0.677. The van der Waals surface area contributed by atoms with E-state index in [-0.39, 0.29) is 38.0 Å². The predicted octanol–water partition coefficient (Wildman–Crippen LogP) is 6.68. The second-order valence-electron chi connectivity index (χ2n) is 7.83. The molecule has 0 N–H and O–H groups in total. The van der Waals surface area contributed by atoms with Crippen molar-refractivity contribution < 1.29 is 31.9 Å². The number of rotatable bonds is 8. The summed E-state index contributed by atoms with van der Waals surface area (Å²) in [7, 11) is -3.09. The quantitative estimate of drug-likeness (QED) is 0.111. The molecule has 0 unspecified atom stereocenters. The van der Waals surface area contributed by atoms with Gasteiger partial charge in [-0.15, -0.1) is 0 Å². The van der Waals surface area contributed by atoms with Gasteiger partial charge in [-0.3, -0.25) is 24.6 Å². The number of carbonyl (C=O) groups excluding carboxylic acids is 2. The summed E-state index contributed by atoms with van der Waals surface area (Å²) in [6.07, 6.45) is 1.45. The summed E-state index contributed by atoms with van der Waals surface area (Å²) < 4.78 is 36.3. The molecule has 1 fully saturated rings. The van der Waals surface area contributed by atoms with Crippen molar-refractivity contribution in [3.8, 4) is 11.5 Å². The third kappa shape index (κ3) is 6.39. The van der Waals surface area contributed by atoms with E-state index in [2.05, 4.69) is 15.9 Å². The lowest BCUT2D eigenvalue weighted by Crippen LogP contribution is -2.27. The minimum Gasteiger partial charge on any atom is -0.493 e. The molecule has 0 saturated carbocycles. The maximum Gasteiger partial charge on any atom is 0.339 e. The van der Waals surface area contributed by atoms with Crippen molar-refractivity contribution in [1.82, 2.24) is 4.90 Å². The number of nitrogens with zero attached hydrogens (tertiary/aromatic N) is 2. The van der Waals surface area contributed by atoms with E-state index in [0.29, 0.717) is 21.2 Å². The molecule has 0 aromatic heterocycles. The highest BCUT2D eigenvalue weighted by atomic mass is 79.9. The van der Waals surface area contributed by atoms with Gasteiger partial charge in [0.2, 0.25) is 0 Å². The Morgan fingerprint density at radius 3 is 2.41 bits per heavy atom. The first-order valence-electron chi connectivity index (χ1n) is 10.7. The molecule has 15 heteroatoms. The van der Waals surface area contributed by atoms with Crippen molar-refractivity contribution in [3.63, 3.8) is 0 Å². The van der Waals surface area contributed by atoms with Crippen molar-refractivity contribution in [2.45, 2.75) is 11.4 Å². The Kier molecular flexibility index (Phi) is 8.57. The zero-order valence-electron chi connectivity index (χ0n) is 19.6. The molecule has 1 aliphatic heterocycles. The van der Waals surface area contributed by atoms with Crippen LogP contribution in [0.3, 0.4) is 0 Å². The number of hydrogen-bond donors (Lipinski definition) is 0. The highest BCUT2D eigenvalue weighted by molar-refractivity contribution is 9.10. The fourth-order valence-electron chi connectivity index (χ4n) is 3.40. The average Bonchev–Trinajstić information content (AvgIpc) is 3.14. The van der Waals surface area contributed by atoms with Crippen LogP contribution in [0.1, 0.15) is 11.1 Å². The van der Waals surface area contributed by atoms with E-state index in [1.807, 2.05) is 0 Å². The number of nitro groups is 1. The van der Waals surface area contributed by atoms with Crippen molar-refractivity contribution in [1.29, 1.82) is 0 Å². The molecule has 202 valence electrons. The van der Waals surface area contributed by atoms with Gasteiger partial charge >= 0.3 is 10.1 Å². The van der Waals surface area contributed by atoms with E-state index in [1.54, 1.807) is 12.1 Å². The molecule has 0 bridgehead atoms. The number of carbonyl (C=O) groups is 2. The molecule has 0 aliphatic carbocycles. The molecule has 3 aromatic rings. The largest absolute Gasteiger partial charge is 0.493 e. The van der Waals surface area contributed by atoms with Crippen LogP contribution in [0.15, 0.2) is 68.9 Å². The highest BCUT2D eigenvalue weighted by Gasteiger charge is 2.35. The van der Waals surface area contributed by atoms with Gasteiger partial charge in [0.1, 0.15) is 4.90 Å². The highest BCUT2D eigenvalue weighted by Crippen LogP contribution is 2.41. The Morgan fingerprint density at radius 2 is 1.79 bits per heavy atom. The fraction of sp³-hybridized carbons (Fsp3) is 0.0833. The van der Waals surface area contributed by atoms with Gasteiger partial charge in [0, 0.05) is 22.2 Å². The van der Waals surface area contributed by atoms with Gasteiger partial charge in [0.15, 0.2) is 11.5 Å². The number of halogens is 3. The van der Waals surface area contributed by atoms with Gasteiger partial charge in [0.25, 0.3) is 16.8 Å². The lowest BCUT2D eigenvalue weighted by atomic mass is 10.1. The van der Waals surface area contributed by atoms with Crippen molar-refractivity contribution in [3.05, 3.63) is 95.3 Å². The summed E-state index contributed by atoms with van der Waals surface area (Å²) in [5, 5.41) is 11.1. The second-order valence-corrected chi connectivity index (χ2v) is 12.1. The van der Waals surface area contributed by atoms with Crippen molar-refractivity contribution in [2.75, 3.05) is 7.11 Å². The van der Waals surface area contributed by atoms with Gasteiger partial charge in [-0.1, -0.05) is 29.3 Å². The zero-order valence-corrected chi connectivity index (χ0v) is 24.3. The number of benzene rings is 3. The topological polar surface area (TPSA) is 133 Å². The van der Waals surface area contributed by atoms with Gasteiger partial charge in [-0.2, -0.15) is 8.42 Å². The monoisotopic (exact) mass is 672 g/mol. The first-order chi connectivity index (χ1) is 18.4. The maximum absolute atomic E-state index is 13.0. The minimum absolute atomic E-state index is 0.00767. The number of imide groups is 1. The maximum atomic E-state index is 13.0. The lowest BCUT2D eigenvalue weighted by molar-refractivity contribution is -0.384. The molecule has 1 saturated heterocycles. The normalized spacial score (nSPS) is 14.7. The van der Waals surface area contributed by atoms with Crippen LogP contribution in [0.5, 0.6) is 11.5 Å². The zero-order chi connectivity index (χ0) is 28.5. The van der Waals surface area contributed by atoms with Crippen molar-refractivity contribution in [2.24, 2.45) is 0 Å². The van der Waals surface area contributed by atoms with Gasteiger partial charge in [0.05, 0.1) is 28.0 Å².